The first-order valence-electron chi connectivity index (χ1n) is 17.0. The smallest absolute Gasteiger partial charge is 0.497 e. The van der Waals surface area contributed by atoms with Crippen LogP contribution in [0.1, 0.15) is 26.3 Å². The predicted octanol–water partition coefficient (Wildman–Crippen LogP) is 11.0. The molecule has 4 aromatic carbocycles. The number of ether oxygens (including phenoxy) is 1. The van der Waals surface area contributed by atoms with Crippen LogP contribution in [-0.2, 0) is 26.5 Å². The number of benzene rings is 4. The summed E-state index contributed by atoms with van der Waals surface area (Å²) in [5.41, 5.74) is 10.2. The van der Waals surface area contributed by atoms with Gasteiger partial charge in [0.1, 0.15) is 11.0 Å². The van der Waals surface area contributed by atoms with Gasteiger partial charge in [0, 0.05) is 35.5 Å². The van der Waals surface area contributed by atoms with Crippen LogP contribution >= 0.6 is 0 Å². The molecule has 0 spiro atoms. The zero-order valence-corrected chi connectivity index (χ0v) is 31.1. The Labute approximate surface area is 318 Å². The van der Waals surface area contributed by atoms with E-state index in [9.17, 15) is 0 Å². The molecule has 0 bridgehead atoms. The first kappa shape index (κ1) is 32.8. The Bertz CT molecular complexity index is 2990. The van der Waals surface area contributed by atoms with Gasteiger partial charge in [0.05, 0.1) is 11.0 Å². The number of fused-ring (bicyclic) bond motifs is 8. The van der Waals surface area contributed by atoms with Crippen LogP contribution in [0.5, 0.6) is 11.5 Å². The van der Waals surface area contributed by atoms with Crippen LogP contribution in [-0.4, -0.2) is 24.5 Å². The van der Waals surface area contributed by atoms with Crippen molar-refractivity contribution >= 4 is 49.7 Å². The van der Waals surface area contributed by atoms with Gasteiger partial charge in [-0.05, 0) is 64.3 Å². The summed E-state index contributed by atoms with van der Waals surface area (Å²) in [5.74, 6) is 1.00. The van der Waals surface area contributed by atoms with E-state index in [1.54, 1.807) is 23.2 Å². The molecule has 6 heterocycles. The molecule has 10 aromatic rings. The largest absolute Gasteiger partial charge is 2.00 e. The molecule has 258 valence electrons. The summed E-state index contributed by atoms with van der Waals surface area (Å²) >= 11 is 0. The molecule has 0 saturated heterocycles. The third kappa shape index (κ3) is 5.58. The summed E-state index contributed by atoms with van der Waals surface area (Å²) in [5, 5.41) is 2.62. The Morgan fingerprint density at radius 2 is 1.51 bits per heavy atom. The first-order chi connectivity index (χ1) is 25.4. The van der Waals surface area contributed by atoms with Crippen molar-refractivity contribution in [3.05, 3.63) is 139 Å². The van der Waals surface area contributed by atoms with Crippen molar-refractivity contribution < 1.29 is 34.7 Å². The minimum Gasteiger partial charge on any atom is -0.497 e. The Morgan fingerprint density at radius 3 is 2.38 bits per heavy atom. The van der Waals surface area contributed by atoms with E-state index < -0.39 is 0 Å². The van der Waals surface area contributed by atoms with Gasteiger partial charge >= 0.3 is 21.1 Å². The monoisotopic (exact) mass is 870 g/mol. The van der Waals surface area contributed by atoms with Crippen molar-refractivity contribution in [2.75, 3.05) is 0 Å². The summed E-state index contributed by atoms with van der Waals surface area (Å²) < 4.78 is 21.1. The molecule has 10 rings (SSSR count). The number of furan rings is 1. The number of para-hydroxylation sites is 1. The van der Waals surface area contributed by atoms with Gasteiger partial charge in [-0.3, -0.25) is 0 Å². The molecule has 0 amide bonds. The maximum atomic E-state index is 6.73. The van der Waals surface area contributed by atoms with Gasteiger partial charge in [0.2, 0.25) is 5.71 Å². The Morgan fingerprint density at radius 1 is 0.717 bits per heavy atom. The summed E-state index contributed by atoms with van der Waals surface area (Å²) in [6.07, 6.45) is 5.25. The average Bonchev–Trinajstić information content (AvgIpc) is 3.84. The predicted molar refractivity (Wildman–Crippen MR) is 202 cm³/mol. The molecule has 53 heavy (non-hydrogen) atoms. The van der Waals surface area contributed by atoms with Crippen LogP contribution in [0.25, 0.3) is 83.4 Å². The van der Waals surface area contributed by atoms with Crippen LogP contribution < -0.4 is 4.74 Å². The first-order valence-corrected chi connectivity index (χ1v) is 17.0. The maximum absolute atomic E-state index is 6.73. The average molecular weight is 871 g/mol. The quantitative estimate of drug-likeness (QED) is 0.159. The Kier molecular flexibility index (Phi) is 7.75. The van der Waals surface area contributed by atoms with E-state index in [0.717, 1.165) is 55.3 Å². The van der Waals surface area contributed by atoms with Gasteiger partial charge < -0.3 is 23.6 Å². The number of pyridine rings is 3. The fraction of sp³-hybridized carbons (Fsp3) is 0.0909. The van der Waals surface area contributed by atoms with E-state index >= 15 is 0 Å². The normalized spacial score (nSPS) is 11.9. The van der Waals surface area contributed by atoms with E-state index in [1.807, 2.05) is 72.8 Å². The molecule has 9 heteroatoms. The summed E-state index contributed by atoms with van der Waals surface area (Å²) in [4.78, 5) is 18.8. The van der Waals surface area contributed by atoms with Crippen LogP contribution in [0.2, 0.25) is 0 Å². The second-order valence-electron chi connectivity index (χ2n) is 13.8. The molecule has 0 saturated carbocycles. The van der Waals surface area contributed by atoms with Gasteiger partial charge in [0.15, 0.2) is 11.2 Å². The van der Waals surface area contributed by atoms with E-state index in [1.165, 1.54) is 5.56 Å². The molecule has 0 atom stereocenters. The van der Waals surface area contributed by atoms with Crippen molar-refractivity contribution in [2.24, 2.45) is 0 Å². The third-order valence-electron chi connectivity index (χ3n) is 9.38. The third-order valence-corrected chi connectivity index (χ3v) is 9.38. The Balaban J connectivity index is 0.00000372. The maximum Gasteiger partial charge on any atom is 2.00 e. The van der Waals surface area contributed by atoms with Crippen molar-refractivity contribution in [3.63, 3.8) is 0 Å². The molecular weight excluding hydrogens is 842 g/mol. The zero-order chi connectivity index (χ0) is 35.0. The number of aromatic nitrogens is 5. The van der Waals surface area contributed by atoms with Gasteiger partial charge in [-0.2, -0.15) is 4.57 Å². The van der Waals surface area contributed by atoms with Crippen molar-refractivity contribution in [3.8, 4) is 45.1 Å². The van der Waals surface area contributed by atoms with E-state index in [4.69, 9.17) is 23.6 Å². The van der Waals surface area contributed by atoms with Gasteiger partial charge in [-0.1, -0.05) is 110 Å². The number of rotatable bonds is 5. The molecule has 0 radical (unpaired) electrons. The van der Waals surface area contributed by atoms with Gasteiger partial charge in [0.25, 0.3) is 0 Å². The number of hydrogen-bond acceptors (Lipinski definition) is 7. The summed E-state index contributed by atoms with van der Waals surface area (Å²) in [6.45, 7) is 6.67. The van der Waals surface area contributed by atoms with E-state index in [-0.39, 0.29) is 26.5 Å². The molecule has 0 fully saturated rings. The number of imidazole rings is 1. The summed E-state index contributed by atoms with van der Waals surface area (Å²) in [6, 6.07) is 41.1. The van der Waals surface area contributed by atoms with Crippen LogP contribution in [0.3, 0.4) is 0 Å². The topological polar surface area (TPSA) is 91.5 Å². The minimum atomic E-state index is -0.0794. The SMILES string of the molecule is CC(C)(C)c1ccccc1-c1cc(Oc2[c-]c(-c3cc4c(cn3)nc3c5ccccc5on43)c3oc4ncccc4c3c2)[c-]c(-c2ccccn2)c1.[Pt+2]. The second-order valence-corrected chi connectivity index (χ2v) is 13.8. The Hall–Kier alpha value is -6.11. The van der Waals surface area contributed by atoms with Crippen LogP contribution in [0.15, 0.2) is 131 Å². The molecule has 0 N–H and O–H groups in total. The summed E-state index contributed by atoms with van der Waals surface area (Å²) in [7, 11) is 0. The molecule has 8 nitrogen and oxygen atoms in total. The molecular formula is C44H29N5O3Pt. The van der Waals surface area contributed by atoms with E-state index in [2.05, 4.69) is 73.2 Å². The van der Waals surface area contributed by atoms with Gasteiger partial charge in [-0.15, -0.1) is 11.6 Å². The standard InChI is InChI=1S/C44H29N5O3.Pt/c1-44(2,3)35-14-6-4-11-30(35)26-19-27(36-15-8-9-17-45-36)21-28(20-26)50-29-22-33-31-13-10-18-46-43(31)51-41(33)34(23-29)37-24-39-38(25-47-37)48-42-32-12-5-7-16-40(32)52-49(39)42;/h4-20,22,24-25H,1-3H3;/q-2;+2. The van der Waals surface area contributed by atoms with Crippen molar-refractivity contribution in [1.29, 1.82) is 0 Å². The zero-order valence-electron chi connectivity index (χ0n) is 28.8. The fourth-order valence-corrected chi connectivity index (χ4v) is 6.97. The van der Waals surface area contributed by atoms with Crippen molar-refractivity contribution in [2.45, 2.75) is 26.2 Å². The minimum absolute atomic E-state index is 0. The van der Waals surface area contributed by atoms with Crippen LogP contribution in [0, 0.1) is 12.1 Å². The number of nitrogens with zero attached hydrogens (tertiary/aromatic N) is 5. The molecule has 0 unspecified atom stereocenters. The van der Waals surface area contributed by atoms with Gasteiger partial charge in [-0.25, -0.2) is 9.97 Å². The second kappa shape index (κ2) is 12.5. The van der Waals surface area contributed by atoms with E-state index in [0.29, 0.717) is 39.6 Å². The number of hydrogen-bond donors (Lipinski definition) is 0. The fourth-order valence-electron chi connectivity index (χ4n) is 6.97. The van der Waals surface area contributed by atoms with Crippen LogP contribution in [0.4, 0.5) is 0 Å². The molecule has 0 aliphatic heterocycles. The van der Waals surface area contributed by atoms with Crippen molar-refractivity contribution in [1.82, 2.24) is 24.5 Å². The molecule has 6 aromatic heterocycles. The molecule has 0 aliphatic carbocycles. The molecule has 0 aliphatic rings.